The van der Waals surface area contributed by atoms with E-state index in [1.165, 1.54) is 0 Å². The molecule has 1 aliphatic rings. The number of rotatable bonds is 3. The van der Waals surface area contributed by atoms with E-state index in [4.69, 9.17) is 27.9 Å². The fourth-order valence-corrected chi connectivity index (χ4v) is 3.06. The minimum Gasteiger partial charge on any atom is -0.489 e. The number of aliphatic hydroxyl groups is 1. The molecule has 4 heteroatoms. The highest BCUT2D eigenvalue weighted by molar-refractivity contribution is 6.35. The smallest absolute Gasteiger partial charge is 0.123 e. The molecule has 0 bridgehead atoms. The maximum Gasteiger partial charge on any atom is 0.123 e. The number of hydrogen-bond donors (Lipinski definition) is 1. The van der Waals surface area contributed by atoms with Crippen molar-refractivity contribution in [1.82, 2.24) is 0 Å². The molecular formula is C16H14Cl2O2. The summed E-state index contributed by atoms with van der Waals surface area (Å²) in [6.07, 6.45) is 1.21. The highest BCUT2D eigenvalue weighted by atomic mass is 35.5. The van der Waals surface area contributed by atoms with Crippen molar-refractivity contribution in [3.63, 3.8) is 0 Å². The largest absolute Gasteiger partial charge is 0.489 e. The Hall–Kier alpha value is -1.22. The van der Waals surface area contributed by atoms with Crippen LogP contribution in [0, 0.1) is 0 Å². The fourth-order valence-electron chi connectivity index (χ4n) is 2.55. The zero-order valence-corrected chi connectivity index (χ0v) is 12.3. The van der Waals surface area contributed by atoms with Crippen molar-refractivity contribution in [2.75, 3.05) is 0 Å². The average molecular weight is 309 g/mol. The summed E-state index contributed by atoms with van der Waals surface area (Å²) in [5, 5.41) is 11.1. The van der Waals surface area contributed by atoms with E-state index in [1.807, 2.05) is 24.3 Å². The van der Waals surface area contributed by atoms with E-state index in [-0.39, 0.29) is 6.10 Å². The van der Waals surface area contributed by atoms with Crippen molar-refractivity contribution >= 4 is 23.2 Å². The highest BCUT2D eigenvalue weighted by Gasteiger charge is 2.23. The Labute approximate surface area is 127 Å². The SMILES string of the molecule is OC1CCc2c(OCc3c(Cl)cccc3Cl)cccc21. The molecule has 1 atom stereocenters. The van der Waals surface area contributed by atoms with Crippen LogP contribution in [0.15, 0.2) is 36.4 Å². The van der Waals surface area contributed by atoms with Crippen LogP contribution in [0.1, 0.15) is 29.2 Å². The summed E-state index contributed by atoms with van der Waals surface area (Å²) in [7, 11) is 0. The molecule has 1 unspecified atom stereocenters. The second kappa shape index (κ2) is 5.65. The van der Waals surface area contributed by atoms with Crippen molar-refractivity contribution in [3.8, 4) is 5.75 Å². The van der Waals surface area contributed by atoms with Crippen LogP contribution < -0.4 is 4.74 Å². The molecule has 0 aliphatic heterocycles. The van der Waals surface area contributed by atoms with Crippen LogP contribution in [-0.4, -0.2) is 5.11 Å². The lowest BCUT2D eigenvalue weighted by molar-refractivity contribution is 0.180. The van der Waals surface area contributed by atoms with Crippen molar-refractivity contribution in [3.05, 3.63) is 63.1 Å². The van der Waals surface area contributed by atoms with Gasteiger partial charge in [0.2, 0.25) is 0 Å². The molecule has 0 saturated carbocycles. The predicted molar refractivity (Wildman–Crippen MR) is 80.5 cm³/mol. The first-order valence-corrected chi connectivity index (χ1v) is 7.28. The lowest BCUT2D eigenvalue weighted by Crippen LogP contribution is -2.00. The summed E-state index contributed by atoms with van der Waals surface area (Å²) in [6.45, 7) is 0.324. The number of halogens is 2. The Balaban J connectivity index is 1.83. The average Bonchev–Trinajstić information content (AvgIpc) is 2.81. The number of fused-ring (bicyclic) bond motifs is 1. The molecule has 1 aliphatic carbocycles. The summed E-state index contributed by atoms with van der Waals surface area (Å²) in [5.74, 6) is 0.801. The molecule has 1 N–H and O–H groups in total. The second-order valence-electron chi connectivity index (χ2n) is 4.87. The first-order valence-electron chi connectivity index (χ1n) is 6.52. The van der Waals surface area contributed by atoms with Gasteiger partial charge >= 0.3 is 0 Å². The van der Waals surface area contributed by atoms with Crippen LogP contribution in [0.25, 0.3) is 0 Å². The minimum absolute atomic E-state index is 0.324. The number of benzene rings is 2. The van der Waals surface area contributed by atoms with E-state index < -0.39 is 0 Å². The zero-order valence-electron chi connectivity index (χ0n) is 10.8. The van der Waals surface area contributed by atoms with Crippen LogP contribution in [0.2, 0.25) is 10.0 Å². The molecule has 0 fully saturated rings. The Kier molecular flexibility index (Phi) is 3.88. The molecule has 2 aromatic rings. The van der Waals surface area contributed by atoms with Crippen LogP contribution in [-0.2, 0) is 13.0 Å². The lowest BCUT2D eigenvalue weighted by atomic mass is 10.1. The molecule has 0 amide bonds. The van der Waals surface area contributed by atoms with Gasteiger partial charge in [0.1, 0.15) is 12.4 Å². The first-order chi connectivity index (χ1) is 9.66. The van der Waals surface area contributed by atoms with Gasteiger partial charge in [0, 0.05) is 21.2 Å². The van der Waals surface area contributed by atoms with E-state index in [2.05, 4.69) is 0 Å². The normalized spacial score (nSPS) is 17.1. The lowest BCUT2D eigenvalue weighted by Gasteiger charge is -2.13. The van der Waals surface area contributed by atoms with Gasteiger partial charge in [-0.15, -0.1) is 0 Å². The number of hydrogen-bond acceptors (Lipinski definition) is 2. The van der Waals surface area contributed by atoms with Gasteiger partial charge < -0.3 is 9.84 Å². The van der Waals surface area contributed by atoms with Crippen molar-refractivity contribution in [1.29, 1.82) is 0 Å². The molecule has 0 aromatic heterocycles. The number of aliphatic hydroxyl groups excluding tert-OH is 1. The van der Waals surface area contributed by atoms with Gasteiger partial charge in [-0.1, -0.05) is 41.4 Å². The highest BCUT2D eigenvalue weighted by Crippen LogP contribution is 2.37. The third-order valence-electron chi connectivity index (χ3n) is 3.63. The second-order valence-corrected chi connectivity index (χ2v) is 5.68. The van der Waals surface area contributed by atoms with Crippen LogP contribution in [0.4, 0.5) is 0 Å². The quantitative estimate of drug-likeness (QED) is 0.901. The van der Waals surface area contributed by atoms with Crippen LogP contribution in [0.5, 0.6) is 5.75 Å². The summed E-state index contributed by atoms with van der Waals surface area (Å²) in [5.41, 5.74) is 2.84. The van der Waals surface area contributed by atoms with E-state index in [9.17, 15) is 5.11 Å². The van der Waals surface area contributed by atoms with Gasteiger partial charge in [0.25, 0.3) is 0 Å². The standard InChI is InChI=1S/C16H14Cl2O2/c17-13-4-2-5-14(18)12(13)9-20-16-6-1-3-10-11(16)7-8-15(10)19/h1-6,15,19H,7-9H2. The fraction of sp³-hybridized carbons (Fsp3) is 0.250. The van der Waals surface area contributed by atoms with Crippen molar-refractivity contribution in [2.45, 2.75) is 25.6 Å². The van der Waals surface area contributed by atoms with E-state index in [1.54, 1.807) is 12.1 Å². The minimum atomic E-state index is -0.377. The summed E-state index contributed by atoms with van der Waals surface area (Å²) in [6, 6.07) is 11.2. The summed E-state index contributed by atoms with van der Waals surface area (Å²) >= 11 is 12.3. The van der Waals surface area contributed by atoms with Crippen molar-refractivity contribution in [2.24, 2.45) is 0 Å². The molecule has 2 aromatic carbocycles. The Morgan fingerprint density at radius 2 is 1.80 bits per heavy atom. The number of ether oxygens (including phenoxy) is 1. The van der Waals surface area contributed by atoms with Gasteiger partial charge in [-0.05, 0) is 36.6 Å². The Morgan fingerprint density at radius 1 is 1.10 bits per heavy atom. The molecule has 0 radical (unpaired) electrons. The molecule has 0 heterocycles. The molecule has 0 saturated heterocycles. The molecule has 20 heavy (non-hydrogen) atoms. The van der Waals surface area contributed by atoms with Gasteiger partial charge in [-0.2, -0.15) is 0 Å². The Bertz CT molecular complexity index is 620. The molecule has 104 valence electrons. The van der Waals surface area contributed by atoms with E-state index in [0.29, 0.717) is 16.7 Å². The third kappa shape index (κ3) is 2.51. The first kappa shape index (κ1) is 13.7. The van der Waals surface area contributed by atoms with Gasteiger partial charge in [0.05, 0.1) is 6.10 Å². The van der Waals surface area contributed by atoms with E-state index in [0.717, 1.165) is 35.3 Å². The molecular weight excluding hydrogens is 295 g/mol. The maximum absolute atomic E-state index is 9.88. The molecule has 0 spiro atoms. The van der Waals surface area contributed by atoms with Gasteiger partial charge in [0.15, 0.2) is 0 Å². The Morgan fingerprint density at radius 3 is 2.55 bits per heavy atom. The van der Waals surface area contributed by atoms with Crippen molar-refractivity contribution < 1.29 is 9.84 Å². The zero-order chi connectivity index (χ0) is 14.1. The summed E-state index contributed by atoms with van der Waals surface area (Å²) in [4.78, 5) is 0. The topological polar surface area (TPSA) is 29.5 Å². The summed E-state index contributed by atoms with van der Waals surface area (Å²) < 4.78 is 5.86. The van der Waals surface area contributed by atoms with E-state index >= 15 is 0 Å². The maximum atomic E-state index is 9.88. The predicted octanol–water partition coefficient (Wildman–Crippen LogP) is 4.55. The third-order valence-corrected chi connectivity index (χ3v) is 4.34. The molecule has 2 nitrogen and oxygen atoms in total. The molecule has 3 rings (SSSR count). The van der Waals surface area contributed by atoms with Crippen LogP contribution in [0.3, 0.4) is 0 Å². The van der Waals surface area contributed by atoms with Gasteiger partial charge in [-0.3, -0.25) is 0 Å². The van der Waals surface area contributed by atoms with Gasteiger partial charge in [-0.25, -0.2) is 0 Å². The monoisotopic (exact) mass is 308 g/mol. The van der Waals surface area contributed by atoms with Crippen LogP contribution >= 0.6 is 23.2 Å².